The number of aliphatic hydroxyl groups excluding tert-OH is 1. The van der Waals surface area contributed by atoms with Crippen molar-refractivity contribution in [2.45, 2.75) is 25.9 Å². The Balaban J connectivity index is 2.53. The maximum absolute atomic E-state index is 8.74. The zero-order valence-corrected chi connectivity index (χ0v) is 5.72. The molecule has 0 spiro atoms. The van der Waals surface area contributed by atoms with Crippen molar-refractivity contribution in [1.82, 2.24) is 0 Å². The molecule has 0 aromatic carbocycles. The molecule has 52 valence electrons. The summed E-state index contributed by atoms with van der Waals surface area (Å²) in [6.07, 6.45) is 0.740. The third kappa shape index (κ3) is 1.21. The molecule has 0 saturated carbocycles. The van der Waals surface area contributed by atoms with E-state index in [-0.39, 0.29) is 6.61 Å². The summed E-state index contributed by atoms with van der Waals surface area (Å²) in [6, 6.07) is 0. The monoisotopic (exact) mass is 129 g/mol. The molecule has 1 aliphatic rings. The number of oxime groups is 1. The Kier molecular flexibility index (Phi) is 1.45. The molecule has 3 nitrogen and oxygen atoms in total. The summed E-state index contributed by atoms with van der Waals surface area (Å²) >= 11 is 0. The van der Waals surface area contributed by atoms with E-state index in [2.05, 4.69) is 5.16 Å². The van der Waals surface area contributed by atoms with Crippen LogP contribution in [0.1, 0.15) is 20.3 Å². The summed E-state index contributed by atoms with van der Waals surface area (Å²) < 4.78 is 0. The lowest BCUT2D eigenvalue weighted by atomic mass is 10.0. The molecule has 0 radical (unpaired) electrons. The van der Waals surface area contributed by atoms with Crippen LogP contribution in [-0.2, 0) is 4.84 Å². The lowest BCUT2D eigenvalue weighted by molar-refractivity contribution is -0.0428. The van der Waals surface area contributed by atoms with Crippen LogP contribution in [0.25, 0.3) is 0 Å². The fourth-order valence-electron chi connectivity index (χ4n) is 0.879. The zero-order chi connectivity index (χ0) is 6.91. The van der Waals surface area contributed by atoms with Crippen molar-refractivity contribution in [3.8, 4) is 0 Å². The fraction of sp³-hybridized carbons (Fsp3) is 0.833. The highest BCUT2D eigenvalue weighted by Gasteiger charge is 2.31. The SMILES string of the molecule is CC1=NOC(C)(CO)C1. The van der Waals surface area contributed by atoms with Gasteiger partial charge in [-0.2, -0.15) is 0 Å². The third-order valence-corrected chi connectivity index (χ3v) is 1.39. The molecule has 9 heavy (non-hydrogen) atoms. The third-order valence-electron chi connectivity index (χ3n) is 1.39. The highest BCUT2D eigenvalue weighted by molar-refractivity contribution is 5.83. The summed E-state index contributed by atoms with van der Waals surface area (Å²) in [6.45, 7) is 3.77. The van der Waals surface area contributed by atoms with E-state index in [1.165, 1.54) is 0 Å². The summed E-state index contributed by atoms with van der Waals surface area (Å²) in [5, 5.41) is 12.5. The minimum Gasteiger partial charge on any atom is -0.392 e. The van der Waals surface area contributed by atoms with Crippen molar-refractivity contribution < 1.29 is 9.94 Å². The van der Waals surface area contributed by atoms with Gasteiger partial charge in [0.2, 0.25) is 0 Å². The smallest absolute Gasteiger partial charge is 0.163 e. The van der Waals surface area contributed by atoms with Crippen molar-refractivity contribution in [2.75, 3.05) is 6.61 Å². The molecular formula is C6H11NO2. The second-order valence-electron chi connectivity index (χ2n) is 2.70. The van der Waals surface area contributed by atoms with Crippen LogP contribution in [0.4, 0.5) is 0 Å². The summed E-state index contributed by atoms with van der Waals surface area (Å²) in [7, 11) is 0. The van der Waals surface area contributed by atoms with Crippen LogP contribution in [0.2, 0.25) is 0 Å². The minimum absolute atomic E-state index is 0.0356. The molecule has 0 bridgehead atoms. The maximum atomic E-state index is 8.74. The van der Waals surface area contributed by atoms with Crippen LogP contribution in [0, 0.1) is 0 Å². The molecule has 3 heteroatoms. The van der Waals surface area contributed by atoms with Crippen molar-refractivity contribution in [3.05, 3.63) is 0 Å². The van der Waals surface area contributed by atoms with Crippen molar-refractivity contribution >= 4 is 5.71 Å². The molecule has 0 saturated heterocycles. The highest BCUT2D eigenvalue weighted by Crippen LogP contribution is 2.21. The number of hydrogen-bond acceptors (Lipinski definition) is 3. The van der Waals surface area contributed by atoms with Crippen LogP contribution >= 0.6 is 0 Å². The van der Waals surface area contributed by atoms with Gasteiger partial charge < -0.3 is 9.94 Å². The molecular weight excluding hydrogens is 118 g/mol. The fourth-order valence-corrected chi connectivity index (χ4v) is 0.879. The molecule has 1 atom stereocenters. The highest BCUT2D eigenvalue weighted by atomic mass is 16.7. The van der Waals surface area contributed by atoms with E-state index in [0.717, 1.165) is 12.1 Å². The van der Waals surface area contributed by atoms with Gasteiger partial charge in [-0.15, -0.1) is 0 Å². The van der Waals surface area contributed by atoms with Crippen LogP contribution in [-0.4, -0.2) is 23.0 Å². The average Bonchev–Trinajstić information content (AvgIpc) is 2.13. The Morgan fingerprint density at radius 3 is 2.78 bits per heavy atom. The Labute approximate surface area is 54.3 Å². The molecule has 0 amide bonds. The van der Waals surface area contributed by atoms with Gasteiger partial charge >= 0.3 is 0 Å². The average molecular weight is 129 g/mol. The van der Waals surface area contributed by atoms with Gasteiger partial charge in [0, 0.05) is 6.42 Å². The number of aliphatic hydroxyl groups is 1. The lowest BCUT2D eigenvalue weighted by Gasteiger charge is -2.16. The number of hydrogen-bond donors (Lipinski definition) is 1. The predicted molar refractivity (Wildman–Crippen MR) is 34.3 cm³/mol. The Morgan fingerprint density at radius 1 is 1.89 bits per heavy atom. The summed E-state index contributed by atoms with van der Waals surface area (Å²) in [4.78, 5) is 4.94. The maximum Gasteiger partial charge on any atom is 0.163 e. The van der Waals surface area contributed by atoms with Gasteiger partial charge in [0.25, 0.3) is 0 Å². The Hall–Kier alpha value is -0.570. The van der Waals surface area contributed by atoms with E-state index in [1.54, 1.807) is 0 Å². The molecule has 1 aliphatic heterocycles. The van der Waals surface area contributed by atoms with Gasteiger partial charge in [-0.05, 0) is 13.8 Å². The normalized spacial score (nSPS) is 33.9. The first kappa shape index (κ1) is 6.55. The standard InChI is InChI=1S/C6H11NO2/c1-5-3-6(2,4-8)9-7-5/h8H,3-4H2,1-2H3. The molecule has 1 rings (SSSR count). The molecule has 1 unspecified atom stereocenters. The van der Waals surface area contributed by atoms with Gasteiger partial charge in [0.15, 0.2) is 5.60 Å². The van der Waals surface area contributed by atoms with Crippen LogP contribution in [0.5, 0.6) is 0 Å². The van der Waals surface area contributed by atoms with E-state index in [0.29, 0.717) is 0 Å². The van der Waals surface area contributed by atoms with E-state index in [9.17, 15) is 0 Å². The first-order valence-electron chi connectivity index (χ1n) is 2.99. The van der Waals surface area contributed by atoms with Crippen molar-refractivity contribution in [3.63, 3.8) is 0 Å². The lowest BCUT2D eigenvalue weighted by Crippen LogP contribution is -2.28. The van der Waals surface area contributed by atoms with Gasteiger partial charge in [0.1, 0.15) is 0 Å². The van der Waals surface area contributed by atoms with E-state index in [4.69, 9.17) is 9.94 Å². The van der Waals surface area contributed by atoms with Gasteiger partial charge in [-0.3, -0.25) is 0 Å². The van der Waals surface area contributed by atoms with Crippen LogP contribution in [0.3, 0.4) is 0 Å². The predicted octanol–water partition coefficient (Wildman–Crippen LogP) is 0.534. The molecule has 0 aliphatic carbocycles. The van der Waals surface area contributed by atoms with Gasteiger partial charge in [-0.1, -0.05) is 5.16 Å². The number of nitrogens with zero attached hydrogens (tertiary/aromatic N) is 1. The van der Waals surface area contributed by atoms with Crippen molar-refractivity contribution in [1.29, 1.82) is 0 Å². The number of rotatable bonds is 1. The second kappa shape index (κ2) is 1.99. The van der Waals surface area contributed by atoms with Crippen molar-refractivity contribution in [2.24, 2.45) is 5.16 Å². The molecule has 1 N–H and O–H groups in total. The summed E-state index contributed by atoms with van der Waals surface area (Å²) in [5.74, 6) is 0. The zero-order valence-electron chi connectivity index (χ0n) is 5.72. The summed E-state index contributed by atoms with van der Waals surface area (Å²) in [5.41, 5.74) is 0.510. The van der Waals surface area contributed by atoms with Crippen LogP contribution in [0.15, 0.2) is 5.16 Å². The molecule has 0 aromatic heterocycles. The van der Waals surface area contributed by atoms with Gasteiger partial charge in [0.05, 0.1) is 12.3 Å². The first-order valence-corrected chi connectivity index (χ1v) is 2.99. The first-order chi connectivity index (χ1) is 4.16. The molecule has 0 aromatic rings. The molecule has 1 heterocycles. The second-order valence-corrected chi connectivity index (χ2v) is 2.70. The van der Waals surface area contributed by atoms with E-state index in [1.807, 2.05) is 13.8 Å². The largest absolute Gasteiger partial charge is 0.392 e. The van der Waals surface area contributed by atoms with Gasteiger partial charge in [-0.25, -0.2) is 0 Å². The van der Waals surface area contributed by atoms with E-state index < -0.39 is 5.60 Å². The quantitative estimate of drug-likeness (QED) is 0.561. The minimum atomic E-state index is -0.440. The topological polar surface area (TPSA) is 41.8 Å². The van der Waals surface area contributed by atoms with E-state index >= 15 is 0 Å². The Morgan fingerprint density at radius 2 is 2.56 bits per heavy atom. The van der Waals surface area contributed by atoms with Crippen LogP contribution < -0.4 is 0 Å². The molecule has 0 fully saturated rings. The Bertz CT molecular complexity index is 144.